The number of halogens is 2. The van der Waals surface area contributed by atoms with E-state index in [1.807, 2.05) is 0 Å². The minimum Gasteiger partial charge on any atom is -0.271 e. The molecule has 1 rings (SSSR count). The van der Waals surface area contributed by atoms with Gasteiger partial charge in [0.05, 0.1) is 0 Å². The highest BCUT2D eigenvalue weighted by molar-refractivity contribution is 6.30. The number of hydrogen-bond acceptors (Lipinski definition) is 2. The largest absolute Gasteiger partial charge is 0.271 e. The summed E-state index contributed by atoms with van der Waals surface area (Å²) in [5.74, 6) is 4.72. The van der Waals surface area contributed by atoms with Crippen molar-refractivity contribution < 1.29 is 4.39 Å². The first kappa shape index (κ1) is 8.46. The molecule has 0 aliphatic heterocycles. The van der Waals surface area contributed by atoms with E-state index in [0.717, 1.165) is 0 Å². The molecule has 0 spiro atoms. The number of hydrogen-bond donors (Lipinski definition) is 2. The van der Waals surface area contributed by atoms with Gasteiger partial charge in [-0.2, -0.15) is 0 Å². The Morgan fingerprint density at radius 1 is 1.55 bits per heavy atom. The normalized spacial score (nSPS) is 10.1. The summed E-state index contributed by atoms with van der Waals surface area (Å²) in [7, 11) is 0. The molecule has 0 aromatic heterocycles. The van der Waals surface area contributed by atoms with Crippen molar-refractivity contribution in [3.63, 3.8) is 0 Å². The molecule has 0 aliphatic rings. The summed E-state index contributed by atoms with van der Waals surface area (Å²) in [5, 5.41) is 0.511. The van der Waals surface area contributed by atoms with Gasteiger partial charge in [-0.15, -0.1) is 0 Å². The fourth-order valence-corrected chi connectivity index (χ4v) is 0.983. The standard InChI is InChI=1S/C7H8ClFN2/c8-6-1-2-7(9)5(3-6)4-11-10/h1-3,11H,4,10H2. The Hall–Kier alpha value is -0.640. The SMILES string of the molecule is NNCc1cc(Cl)ccc1F. The van der Waals surface area contributed by atoms with Gasteiger partial charge in [-0.3, -0.25) is 11.3 Å². The van der Waals surface area contributed by atoms with E-state index in [1.165, 1.54) is 18.2 Å². The van der Waals surface area contributed by atoms with Crippen LogP contribution in [0.25, 0.3) is 0 Å². The van der Waals surface area contributed by atoms with Crippen LogP contribution in [0, 0.1) is 5.82 Å². The van der Waals surface area contributed by atoms with Gasteiger partial charge in [-0.1, -0.05) is 11.6 Å². The molecular formula is C7H8ClFN2. The van der Waals surface area contributed by atoms with Gasteiger partial charge >= 0.3 is 0 Å². The number of nitrogens with one attached hydrogen (secondary N) is 1. The maximum atomic E-state index is 12.8. The number of benzene rings is 1. The van der Waals surface area contributed by atoms with Crippen molar-refractivity contribution in [1.29, 1.82) is 0 Å². The second-order valence-electron chi connectivity index (χ2n) is 2.12. The molecule has 0 aliphatic carbocycles. The molecule has 0 amide bonds. The van der Waals surface area contributed by atoms with Crippen molar-refractivity contribution in [1.82, 2.24) is 5.43 Å². The van der Waals surface area contributed by atoms with Gasteiger partial charge in [-0.05, 0) is 18.2 Å². The third kappa shape index (κ3) is 2.15. The van der Waals surface area contributed by atoms with Crippen molar-refractivity contribution >= 4 is 11.6 Å². The molecule has 0 saturated heterocycles. The van der Waals surface area contributed by atoms with E-state index in [4.69, 9.17) is 17.4 Å². The summed E-state index contributed by atoms with van der Waals surface area (Å²) < 4.78 is 12.8. The first-order chi connectivity index (χ1) is 5.24. The maximum Gasteiger partial charge on any atom is 0.127 e. The average molecular weight is 175 g/mol. The van der Waals surface area contributed by atoms with Crippen molar-refractivity contribution in [3.8, 4) is 0 Å². The lowest BCUT2D eigenvalue weighted by Gasteiger charge is -2.01. The highest BCUT2D eigenvalue weighted by Gasteiger charge is 2.00. The number of nitrogens with two attached hydrogens (primary N) is 1. The van der Waals surface area contributed by atoms with E-state index in [2.05, 4.69) is 5.43 Å². The zero-order valence-electron chi connectivity index (χ0n) is 5.77. The third-order valence-electron chi connectivity index (χ3n) is 1.30. The van der Waals surface area contributed by atoms with Crippen LogP contribution in [0.1, 0.15) is 5.56 Å². The van der Waals surface area contributed by atoms with Crippen LogP contribution >= 0.6 is 11.6 Å². The summed E-state index contributed by atoms with van der Waals surface area (Å²) in [6, 6.07) is 4.35. The van der Waals surface area contributed by atoms with Crippen molar-refractivity contribution in [3.05, 3.63) is 34.6 Å². The average Bonchev–Trinajstić information content (AvgIpc) is 1.98. The Balaban J connectivity index is 2.93. The first-order valence-electron chi connectivity index (χ1n) is 3.11. The van der Waals surface area contributed by atoms with E-state index >= 15 is 0 Å². The van der Waals surface area contributed by atoms with Gasteiger partial charge in [0.15, 0.2) is 0 Å². The van der Waals surface area contributed by atoms with Gasteiger partial charge in [-0.25, -0.2) is 4.39 Å². The minimum absolute atomic E-state index is 0.284. The van der Waals surface area contributed by atoms with Gasteiger partial charge in [0.2, 0.25) is 0 Å². The maximum absolute atomic E-state index is 12.8. The molecule has 0 heterocycles. The van der Waals surface area contributed by atoms with E-state index in [1.54, 1.807) is 0 Å². The van der Waals surface area contributed by atoms with Crippen LogP contribution in [0.15, 0.2) is 18.2 Å². The molecule has 60 valence electrons. The monoisotopic (exact) mass is 174 g/mol. The highest BCUT2D eigenvalue weighted by atomic mass is 35.5. The fourth-order valence-electron chi connectivity index (χ4n) is 0.789. The Morgan fingerprint density at radius 2 is 2.27 bits per heavy atom. The number of hydrazine groups is 1. The van der Waals surface area contributed by atoms with Crippen molar-refractivity contribution in [2.75, 3.05) is 0 Å². The van der Waals surface area contributed by atoms with Crippen LogP contribution in [0.5, 0.6) is 0 Å². The topological polar surface area (TPSA) is 38.0 Å². The Kier molecular flexibility index (Phi) is 2.82. The van der Waals surface area contributed by atoms with Gasteiger partial charge in [0.1, 0.15) is 5.82 Å². The molecular weight excluding hydrogens is 167 g/mol. The van der Waals surface area contributed by atoms with Crippen LogP contribution in [-0.4, -0.2) is 0 Å². The third-order valence-corrected chi connectivity index (χ3v) is 1.54. The lowest BCUT2D eigenvalue weighted by molar-refractivity contribution is 0.594. The molecule has 4 heteroatoms. The van der Waals surface area contributed by atoms with Crippen molar-refractivity contribution in [2.45, 2.75) is 6.54 Å². The van der Waals surface area contributed by atoms with Gasteiger partial charge in [0, 0.05) is 17.1 Å². The molecule has 3 N–H and O–H groups in total. The van der Waals surface area contributed by atoms with Crippen LogP contribution in [0.3, 0.4) is 0 Å². The lowest BCUT2D eigenvalue weighted by Crippen LogP contribution is -2.21. The van der Waals surface area contributed by atoms with E-state index in [0.29, 0.717) is 10.6 Å². The van der Waals surface area contributed by atoms with Crippen molar-refractivity contribution in [2.24, 2.45) is 5.84 Å². The summed E-state index contributed by atoms with van der Waals surface area (Å²) in [5.41, 5.74) is 2.83. The van der Waals surface area contributed by atoms with E-state index in [9.17, 15) is 4.39 Å². The second-order valence-corrected chi connectivity index (χ2v) is 2.55. The van der Waals surface area contributed by atoms with Gasteiger partial charge in [0.25, 0.3) is 0 Å². The van der Waals surface area contributed by atoms with Crippen LogP contribution in [-0.2, 0) is 6.54 Å². The summed E-state index contributed by atoms with van der Waals surface area (Å²) in [4.78, 5) is 0. The first-order valence-corrected chi connectivity index (χ1v) is 3.49. The highest BCUT2D eigenvalue weighted by Crippen LogP contribution is 2.13. The molecule has 0 radical (unpaired) electrons. The Morgan fingerprint density at radius 3 is 2.91 bits per heavy atom. The summed E-state index contributed by atoms with van der Waals surface area (Å²) in [6.07, 6.45) is 0. The lowest BCUT2D eigenvalue weighted by atomic mass is 10.2. The molecule has 0 fully saturated rings. The second kappa shape index (κ2) is 3.67. The predicted octanol–water partition coefficient (Wildman–Crippen LogP) is 1.44. The summed E-state index contributed by atoms with van der Waals surface area (Å²) >= 11 is 5.62. The fraction of sp³-hybridized carbons (Fsp3) is 0.143. The smallest absolute Gasteiger partial charge is 0.127 e. The van der Waals surface area contributed by atoms with Gasteiger partial charge < -0.3 is 0 Å². The predicted molar refractivity (Wildman–Crippen MR) is 42.4 cm³/mol. The van der Waals surface area contributed by atoms with Crippen LogP contribution in [0.4, 0.5) is 4.39 Å². The minimum atomic E-state index is -0.299. The zero-order chi connectivity index (χ0) is 8.27. The molecule has 0 saturated carbocycles. The molecule has 0 bridgehead atoms. The Labute approximate surface area is 69.1 Å². The molecule has 11 heavy (non-hydrogen) atoms. The molecule has 0 atom stereocenters. The summed E-state index contributed by atoms with van der Waals surface area (Å²) in [6.45, 7) is 0.284. The Bertz CT molecular complexity index is 252. The molecule has 2 nitrogen and oxygen atoms in total. The van der Waals surface area contributed by atoms with E-state index in [-0.39, 0.29) is 12.4 Å². The van der Waals surface area contributed by atoms with E-state index < -0.39 is 0 Å². The molecule has 1 aromatic carbocycles. The van der Waals surface area contributed by atoms with Crippen LogP contribution in [0.2, 0.25) is 5.02 Å². The quantitative estimate of drug-likeness (QED) is 0.526. The molecule has 0 unspecified atom stereocenters. The zero-order valence-corrected chi connectivity index (χ0v) is 6.53. The molecule has 1 aromatic rings. The number of rotatable bonds is 2. The van der Waals surface area contributed by atoms with Crippen LogP contribution < -0.4 is 11.3 Å².